The third kappa shape index (κ3) is 5.08. The molecule has 0 bridgehead atoms. The maximum atomic E-state index is 2.52. The standard InChI is InChI=1S/C62H38N2/c1-2-18-46(19-3-1)63-58-26-9-7-22-50(58)55-37-43(29-33-59(55)63)44-30-34-60-56(38-44)53-32-27-39-13-4-5-21-48(39)62(53)64(60)57-25-8-6-20-47(57)45-17-10-16-41(35-45)42-28-31-49-51-23-11-14-40-15-12-24-52(61(40)51)54(49)36-42/h1-38H. The monoisotopic (exact) mass is 810 g/mol. The lowest BCUT2D eigenvalue weighted by Gasteiger charge is -2.16. The highest BCUT2D eigenvalue weighted by molar-refractivity contribution is 6.20. The fraction of sp³-hybridized carbons (Fsp3) is 0. The molecule has 11 aromatic carbocycles. The van der Waals surface area contributed by atoms with E-state index in [2.05, 4.69) is 240 Å². The van der Waals surface area contributed by atoms with Crippen LogP contribution in [0.4, 0.5) is 0 Å². The zero-order chi connectivity index (χ0) is 41.9. The smallest absolute Gasteiger partial charge is 0.0619 e. The summed E-state index contributed by atoms with van der Waals surface area (Å²) >= 11 is 0. The molecule has 0 amide bonds. The van der Waals surface area contributed by atoms with Crippen LogP contribution < -0.4 is 0 Å². The Kier molecular flexibility index (Phi) is 7.43. The summed E-state index contributed by atoms with van der Waals surface area (Å²) in [6, 6.07) is 85.3. The van der Waals surface area contributed by atoms with Gasteiger partial charge < -0.3 is 9.13 Å². The van der Waals surface area contributed by atoms with Gasteiger partial charge in [-0.2, -0.15) is 0 Å². The first-order valence-electron chi connectivity index (χ1n) is 22.2. The van der Waals surface area contributed by atoms with E-state index in [4.69, 9.17) is 0 Å². The van der Waals surface area contributed by atoms with Crippen LogP contribution in [-0.2, 0) is 0 Å². The van der Waals surface area contributed by atoms with Crippen LogP contribution in [0.1, 0.15) is 0 Å². The average Bonchev–Trinajstić information content (AvgIpc) is 4.00. The minimum Gasteiger partial charge on any atom is -0.309 e. The van der Waals surface area contributed by atoms with Crippen molar-refractivity contribution in [3.8, 4) is 67.0 Å². The maximum absolute atomic E-state index is 2.52. The summed E-state index contributed by atoms with van der Waals surface area (Å²) in [6.45, 7) is 0. The van der Waals surface area contributed by atoms with Crippen LogP contribution in [0.3, 0.4) is 0 Å². The fourth-order valence-corrected chi connectivity index (χ4v) is 11.0. The Hall–Kier alpha value is -8.46. The van der Waals surface area contributed by atoms with Crippen molar-refractivity contribution in [2.75, 3.05) is 0 Å². The minimum atomic E-state index is 1.16. The first kappa shape index (κ1) is 35.2. The number of hydrogen-bond donors (Lipinski definition) is 0. The second-order valence-electron chi connectivity index (χ2n) is 17.2. The summed E-state index contributed by atoms with van der Waals surface area (Å²) < 4.78 is 4.90. The van der Waals surface area contributed by atoms with Crippen LogP contribution in [0.15, 0.2) is 231 Å². The fourth-order valence-electron chi connectivity index (χ4n) is 11.0. The van der Waals surface area contributed by atoms with Gasteiger partial charge in [-0.15, -0.1) is 0 Å². The molecule has 0 saturated heterocycles. The lowest BCUT2D eigenvalue weighted by molar-refractivity contribution is 1.18. The Morgan fingerprint density at radius 1 is 0.250 bits per heavy atom. The molecule has 0 aliphatic heterocycles. The van der Waals surface area contributed by atoms with Crippen molar-refractivity contribution in [3.05, 3.63) is 231 Å². The summed E-state index contributed by atoms with van der Waals surface area (Å²) in [6.07, 6.45) is 0. The predicted octanol–water partition coefficient (Wildman–Crippen LogP) is 16.8. The summed E-state index contributed by atoms with van der Waals surface area (Å²) in [4.78, 5) is 0. The van der Waals surface area contributed by atoms with E-state index in [1.165, 1.54) is 126 Å². The summed E-state index contributed by atoms with van der Waals surface area (Å²) in [5.41, 5.74) is 19.7. The number of fused-ring (bicyclic) bond motifs is 11. The SMILES string of the molecule is c1ccc(-n2c3ccccc3c3cc(-c4ccc5c(c4)c4ccc6ccccc6c4n5-c4ccccc4-c4cccc(-c5ccc6c(c5)-c5cccc7cccc-6c57)c4)ccc32)cc1. The van der Waals surface area contributed by atoms with Gasteiger partial charge in [-0.1, -0.05) is 170 Å². The van der Waals surface area contributed by atoms with Gasteiger partial charge in [0, 0.05) is 38.2 Å². The molecular formula is C62H38N2. The quantitative estimate of drug-likeness (QED) is 0.164. The predicted molar refractivity (Wildman–Crippen MR) is 271 cm³/mol. The van der Waals surface area contributed by atoms with Crippen LogP contribution in [0, 0.1) is 0 Å². The topological polar surface area (TPSA) is 9.86 Å². The molecule has 13 aromatic rings. The molecule has 14 rings (SSSR count). The maximum Gasteiger partial charge on any atom is 0.0619 e. The molecule has 296 valence electrons. The second kappa shape index (κ2) is 13.5. The van der Waals surface area contributed by atoms with Crippen molar-refractivity contribution >= 4 is 65.2 Å². The van der Waals surface area contributed by atoms with Crippen LogP contribution in [0.2, 0.25) is 0 Å². The summed E-state index contributed by atoms with van der Waals surface area (Å²) in [5, 5.41) is 10.1. The molecule has 1 aliphatic carbocycles. The Morgan fingerprint density at radius 3 is 1.67 bits per heavy atom. The van der Waals surface area contributed by atoms with Crippen molar-refractivity contribution in [3.63, 3.8) is 0 Å². The van der Waals surface area contributed by atoms with E-state index in [1.807, 2.05) is 0 Å². The largest absolute Gasteiger partial charge is 0.309 e. The molecule has 64 heavy (non-hydrogen) atoms. The number of nitrogens with zero attached hydrogens (tertiary/aromatic N) is 2. The van der Waals surface area contributed by atoms with Gasteiger partial charge in [-0.05, 0) is 127 Å². The molecule has 0 atom stereocenters. The Labute approximate surface area is 370 Å². The number of aromatic nitrogens is 2. The molecule has 0 spiro atoms. The van der Waals surface area contributed by atoms with Crippen LogP contribution >= 0.6 is 0 Å². The molecule has 0 radical (unpaired) electrons. The van der Waals surface area contributed by atoms with Gasteiger partial charge in [-0.3, -0.25) is 0 Å². The van der Waals surface area contributed by atoms with Gasteiger partial charge in [0.05, 0.1) is 27.8 Å². The lowest BCUT2D eigenvalue weighted by atomic mass is 9.94. The zero-order valence-electron chi connectivity index (χ0n) is 34.8. The second-order valence-corrected chi connectivity index (χ2v) is 17.2. The molecule has 0 N–H and O–H groups in total. The molecule has 2 heterocycles. The third-order valence-electron chi connectivity index (χ3n) is 13.8. The summed E-state index contributed by atoms with van der Waals surface area (Å²) in [5.74, 6) is 0. The normalized spacial score (nSPS) is 12.1. The molecule has 2 heteroatoms. The Balaban J connectivity index is 0.933. The molecule has 2 nitrogen and oxygen atoms in total. The first-order valence-corrected chi connectivity index (χ1v) is 22.2. The zero-order valence-corrected chi connectivity index (χ0v) is 34.8. The van der Waals surface area contributed by atoms with Gasteiger partial charge in [0.2, 0.25) is 0 Å². The van der Waals surface area contributed by atoms with E-state index < -0.39 is 0 Å². The van der Waals surface area contributed by atoms with Gasteiger partial charge >= 0.3 is 0 Å². The highest BCUT2D eigenvalue weighted by atomic mass is 15.0. The van der Waals surface area contributed by atoms with Crippen LogP contribution in [0.25, 0.3) is 132 Å². The van der Waals surface area contributed by atoms with Crippen LogP contribution in [-0.4, -0.2) is 9.13 Å². The van der Waals surface area contributed by atoms with Crippen LogP contribution in [0.5, 0.6) is 0 Å². The molecule has 1 aliphatic rings. The number of benzene rings is 11. The molecule has 2 aromatic heterocycles. The van der Waals surface area contributed by atoms with E-state index in [0.717, 1.165) is 5.69 Å². The van der Waals surface area contributed by atoms with E-state index in [9.17, 15) is 0 Å². The van der Waals surface area contributed by atoms with Gasteiger partial charge in [-0.25, -0.2) is 0 Å². The van der Waals surface area contributed by atoms with Crippen molar-refractivity contribution < 1.29 is 0 Å². The van der Waals surface area contributed by atoms with E-state index >= 15 is 0 Å². The summed E-state index contributed by atoms with van der Waals surface area (Å²) in [7, 11) is 0. The third-order valence-corrected chi connectivity index (χ3v) is 13.8. The minimum absolute atomic E-state index is 1.16. The molecule has 0 unspecified atom stereocenters. The number of para-hydroxylation sites is 3. The van der Waals surface area contributed by atoms with E-state index in [-0.39, 0.29) is 0 Å². The lowest BCUT2D eigenvalue weighted by Crippen LogP contribution is -1.98. The highest BCUT2D eigenvalue weighted by Gasteiger charge is 2.23. The van der Waals surface area contributed by atoms with Gasteiger partial charge in [0.15, 0.2) is 0 Å². The molecular weight excluding hydrogens is 773 g/mol. The average molecular weight is 811 g/mol. The van der Waals surface area contributed by atoms with Crippen molar-refractivity contribution in [2.45, 2.75) is 0 Å². The van der Waals surface area contributed by atoms with E-state index in [1.54, 1.807) is 0 Å². The van der Waals surface area contributed by atoms with Crippen molar-refractivity contribution in [1.82, 2.24) is 9.13 Å². The highest BCUT2D eigenvalue weighted by Crippen LogP contribution is 2.49. The number of rotatable bonds is 5. The van der Waals surface area contributed by atoms with Crippen molar-refractivity contribution in [2.24, 2.45) is 0 Å². The van der Waals surface area contributed by atoms with E-state index in [0.29, 0.717) is 0 Å². The Morgan fingerprint density at radius 2 is 0.828 bits per heavy atom. The van der Waals surface area contributed by atoms with Crippen molar-refractivity contribution in [1.29, 1.82) is 0 Å². The first-order chi connectivity index (χ1) is 31.7. The Bertz CT molecular complexity index is 4060. The van der Waals surface area contributed by atoms with Gasteiger partial charge in [0.1, 0.15) is 0 Å². The molecule has 0 fully saturated rings. The number of hydrogen-bond acceptors (Lipinski definition) is 0. The van der Waals surface area contributed by atoms with Gasteiger partial charge in [0.25, 0.3) is 0 Å². The molecule has 0 saturated carbocycles.